The lowest BCUT2D eigenvalue weighted by atomic mass is 10.00. The van der Waals surface area contributed by atoms with E-state index >= 15 is 0 Å². The van der Waals surface area contributed by atoms with Crippen molar-refractivity contribution in [3.05, 3.63) is 48.2 Å². The number of aliphatic hydroxyl groups is 1. The van der Waals surface area contributed by atoms with Gasteiger partial charge in [-0.3, -0.25) is 9.58 Å². The Balaban J connectivity index is 1.43. The van der Waals surface area contributed by atoms with Crippen molar-refractivity contribution in [3.63, 3.8) is 0 Å². The van der Waals surface area contributed by atoms with Crippen molar-refractivity contribution in [2.45, 2.75) is 25.1 Å². The summed E-state index contributed by atoms with van der Waals surface area (Å²) in [4.78, 5) is 4.66. The fraction of sp³-hybridized carbons (Fsp3) is 0.526. The number of hydrogen-bond acceptors (Lipinski definition) is 5. The predicted octanol–water partition coefficient (Wildman–Crippen LogP) is 1.20. The average Bonchev–Trinajstić information content (AvgIpc) is 3.12. The number of piperidine rings is 1. The Morgan fingerprint density at radius 3 is 2.68 bits per heavy atom. The molecular formula is C19H26N4O2. The third kappa shape index (κ3) is 3.86. The Labute approximate surface area is 148 Å². The summed E-state index contributed by atoms with van der Waals surface area (Å²) in [5.74, 6) is 1.00. The minimum atomic E-state index is -0.263. The van der Waals surface area contributed by atoms with Gasteiger partial charge in [-0.1, -0.05) is 30.3 Å². The first-order valence-corrected chi connectivity index (χ1v) is 9.12. The van der Waals surface area contributed by atoms with Crippen LogP contribution in [-0.4, -0.2) is 71.3 Å². The third-order valence-electron chi connectivity index (χ3n) is 5.20. The Hall–Kier alpha value is -1.89. The summed E-state index contributed by atoms with van der Waals surface area (Å²) >= 11 is 0. The van der Waals surface area contributed by atoms with Gasteiger partial charge in [-0.25, -0.2) is 0 Å². The molecule has 1 aromatic heterocycles. The second kappa shape index (κ2) is 7.56. The van der Waals surface area contributed by atoms with Gasteiger partial charge in [-0.2, -0.15) is 5.10 Å². The molecule has 0 bridgehead atoms. The van der Waals surface area contributed by atoms with Crippen molar-refractivity contribution in [2.24, 2.45) is 0 Å². The number of morpholine rings is 1. The minimum absolute atomic E-state index is 0.164. The van der Waals surface area contributed by atoms with Crippen LogP contribution < -0.4 is 4.90 Å². The van der Waals surface area contributed by atoms with Crippen molar-refractivity contribution in [2.75, 3.05) is 44.3 Å². The zero-order chi connectivity index (χ0) is 17.1. The van der Waals surface area contributed by atoms with E-state index in [4.69, 9.17) is 9.84 Å². The highest BCUT2D eigenvalue weighted by molar-refractivity contribution is 5.38. The SMILES string of the molecule is O[C@@H]1CCN(c2ccn(Cc3ccccc3)n2)C[C@H]1N1CCOCC1. The highest BCUT2D eigenvalue weighted by atomic mass is 16.5. The lowest BCUT2D eigenvalue weighted by Gasteiger charge is -2.43. The minimum Gasteiger partial charge on any atom is -0.391 e. The zero-order valence-corrected chi connectivity index (χ0v) is 14.5. The fourth-order valence-electron chi connectivity index (χ4n) is 3.77. The fourth-order valence-corrected chi connectivity index (χ4v) is 3.77. The van der Waals surface area contributed by atoms with Crippen LogP contribution in [0.2, 0.25) is 0 Å². The molecule has 6 nitrogen and oxygen atoms in total. The van der Waals surface area contributed by atoms with Gasteiger partial charge in [0.15, 0.2) is 5.82 Å². The highest BCUT2D eigenvalue weighted by Gasteiger charge is 2.33. The molecule has 2 atom stereocenters. The van der Waals surface area contributed by atoms with Crippen LogP contribution in [0.4, 0.5) is 5.82 Å². The monoisotopic (exact) mass is 342 g/mol. The lowest BCUT2D eigenvalue weighted by Crippen LogP contribution is -2.58. The first-order valence-electron chi connectivity index (χ1n) is 9.12. The molecule has 3 heterocycles. The van der Waals surface area contributed by atoms with E-state index in [-0.39, 0.29) is 12.1 Å². The van der Waals surface area contributed by atoms with Crippen molar-refractivity contribution in [1.82, 2.24) is 14.7 Å². The van der Waals surface area contributed by atoms with E-state index < -0.39 is 0 Å². The summed E-state index contributed by atoms with van der Waals surface area (Å²) in [6.07, 6.45) is 2.56. The van der Waals surface area contributed by atoms with Gasteiger partial charge in [0.1, 0.15) is 0 Å². The van der Waals surface area contributed by atoms with Crippen LogP contribution >= 0.6 is 0 Å². The number of nitrogens with zero attached hydrogens (tertiary/aromatic N) is 4. The van der Waals surface area contributed by atoms with Crippen LogP contribution in [-0.2, 0) is 11.3 Å². The molecule has 0 unspecified atom stereocenters. The molecule has 134 valence electrons. The van der Waals surface area contributed by atoms with Crippen LogP contribution in [0.15, 0.2) is 42.6 Å². The first-order chi connectivity index (χ1) is 12.3. The average molecular weight is 342 g/mol. The second-order valence-corrected chi connectivity index (χ2v) is 6.87. The maximum Gasteiger partial charge on any atom is 0.150 e. The molecule has 1 aromatic carbocycles. The van der Waals surface area contributed by atoms with Gasteiger partial charge in [0.25, 0.3) is 0 Å². The summed E-state index contributed by atoms with van der Waals surface area (Å²) in [5, 5.41) is 15.2. The van der Waals surface area contributed by atoms with Crippen LogP contribution in [0.5, 0.6) is 0 Å². The molecule has 6 heteroatoms. The van der Waals surface area contributed by atoms with E-state index in [2.05, 4.69) is 40.1 Å². The van der Waals surface area contributed by atoms with E-state index in [0.717, 1.165) is 58.2 Å². The van der Waals surface area contributed by atoms with Gasteiger partial charge < -0.3 is 14.7 Å². The second-order valence-electron chi connectivity index (χ2n) is 6.87. The number of benzene rings is 1. The van der Waals surface area contributed by atoms with Gasteiger partial charge in [0.2, 0.25) is 0 Å². The van der Waals surface area contributed by atoms with Gasteiger partial charge >= 0.3 is 0 Å². The van der Waals surface area contributed by atoms with Crippen molar-refractivity contribution >= 4 is 5.82 Å². The highest BCUT2D eigenvalue weighted by Crippen LogP contribution is 2.22. The van der Waals surface area contributed by atoms with Crippen molar-refractivity contribution < 1.29 is 9.84 Å². The smallest absolute Gasteiger partial charge is 0.150 e. The quantitative estimate of drug-likeness (QED) is 0.905. The van der Waals surface area contributed by atoms with Gasteiger partial charge in [0.05, 0.1) is 31.9 Å². The van der Waals surface area contributed by atoms with E-state index in [1.54, 1.807) is 0 Å². The van der Waals surface area contributed by atoms with Crippen LogP contribution in [0.3, 0.4) is 0 Å². The molecule has 1 N–H and O–H groups in total. The molecule has 0 spiro atoms. The largest absolute Gasteiger partial charge is 0.391 e. The Morgan fingerprint density at radius 1 is 1.08 bits per heavy atom. The number of rotatable bonds is 4. The summed E-state index contributed by atoms with van der Waals surface area (Å²) in [7, 11) is 0. The van der Waals surface area contributed by atoms with Crippen LogP contribution in [0, 0.1) is 0 Å². The molecule has 0 aliphatic carbocycles. The number of ether oxygens (including phenoxy) is 1. The molecule has 2 fully saturated rings. The topological polar surface area (TPSA) is 53.8 Å². The Morgan fingerprint density at radius 2 is 1.88 bits per heavy atom. The van der Waals surface area contributed by atoms with E-state index in [1.165, 1.54) is 5.56 Å². The van der Waals surface area contributed by atoms with Gasteiger partial charge in [-0.05, 0) is 12.0 Å². The molecule has 2 aliphatic rings. The molecule has 4 rings (SSSR count). The van der Waals surface area contributed by atoms with Gasteiger partial charge in [-0.15, -0.1) is 0 Å². The number of hydrogen-bond donors (Lipinski definition) is 1. The summed E-state index contributed by atoms with van der Waals surface area (Å²) in [6, 6.07) is 12.6. The molecular weight excluding hydrogens is 316 g/mol. The predicted molar refractivity (Wildman–Crippen MR) is 96.8 cm³/mol. The van der Waals surface area contributed by atoms with Gasteiger partial charge in [0, 0.05) is 38.4 Å². The molecule has 2 saturated heterocycles. The Bertz CT molecular complexity index is 669. The van der Waals surface area contributed by atoms with E-state index in [1.807, 2.05) is 16.9 Å². The summed E-state index contributed by atoms with van der Waals surface area (Å²) in [6.45, 7) is 5.78. The maximum absolute atomic E-state index is 10.5. The van der Waals surface area contributed by atoms with Crippen molar-refractivity contribution in [3.8, 4) is 0 Å². The van der Waals surface area contributed by atoms with Crippen LogP contribution in [0.1, 0.15) is 12.0 Å². The standard InChI is InChI=1S/C19H26N4O2/c24-18-6-8-22(15-17(18)21-10-12-25-13-11-21)19-7-9-23(20-19)14-16-4-2-1-3-5-16/h1-5,7,9,17-18,24H,6,8,10-15H2/t17-,18-/m1/s1. The molecule has 2 aliphatic heterocycles. The summed E-state index contributed by atoms with van der Waals surface area (Å²) < 4.78 is 7.43. The molecule has 2 aromatic rings. The first kappa shape index (κ1) is 16.6. The van der Waals surface area contributed by atoms with E-state index in [9.17, 15) is 5.11 Å². The van der Waals surface area contributed by atoms with E-state index in [0.29, 0.717) is 0 Å². The Kier molecular flexibility index (Phi) is 5.01. The lowest BCUT2D eigenvalue weighted by molar-refractivity contribution is -0.0267. The number of aliphatic hydroxyl groups excluding tert-OH is 1. The molecule has 0 amide bonds. The normalized spacial score (nSPS) is 25.2. The maximum atomic E-state index is 10.5. The van der Waals surface area contributed by atoms with Crippen molar-refractivity contribution in [1.29, 1.82) is 0 Å². The summed E-state index contributed by atoms with van der Waals surface area (Å²) in [5.41, 5.74) is 1.25. The molecule has 0 saturated carbocycles. The zero-order valence-electron chi connectivity index (χ0n) is 14.5. The number of aromatic nitrogens is 2. The van der Waals surface area contributed by atoms with Crippen LogP contribution in [0.25, 0.3) is 0 Å². The third-order valence-corrected chi connectivity index (χ3v) is 5.20. The number of anilines is 1. The molecule has 0 radical (unpaired) electrons. The molecule has 25 heavy (non-hydrogen) atoms.